The minimum atomic E-state index is -1.26. The number of amidine groups is 1. The molecule has 0 spiro atoms. The number of aliphatic imine (C=N–C) groups is 1. The summed E-state index contributed by atoms with van der Waals surface area (Å²) in [6.07, 6.45) is 6.97. The molecule has 0 saturated carbocycles. The van der Waals surface area contributed by atoms with Crippen molar-refractivity contribution in [1.29, 1.82) is 0 Å². The van der Waals surface area contributed by atoms with Gasteiger partial charge in [-0.05, 0) is 61.6 Å². The van der Waals surface area contributed by atoms with Gasteiger partial charge in [0.2, 0.25) is 0 Å². The molecule has 0 bridgehead atoms. The van der Waals surface area contributed by atoms with Gasteiger partial charge >= 0.3 is 23.9 Å². The molecule has 1 fully saturated rings. The van der Waals surface area contributed by atoms with Crippen molar-refractivity contribution in [2.24, 2.45) is 4.99 Å². The van der Waals surface area contributed by atoms with Crippen LogP contribution in [0.2, 0.25) is 0 Å². The van der Waals surface area contributed by atoms with Crippen molar-refractivity contribution in [2.75, 3.05) is 40.4 Å². The number of nitrogens with zero attached hydrogens (tertiary/aromatic N) is 3. The van der Waals surface area contributed by atoms with E-state index in [1.165, 1.54) is 55.2 Å². The number of thioether (sulfide) groups is 1. The van der Waals surface area contributed by atoms with Crippen molar-refractivity contribution in [2.45, 2.75) is 44.1 Å². The number of aliphatic carboxylic acids is 4. The van der Waals surface area contributed by atoms with E-state index in [-0.39, 0.29) is 0 Å². The summed E-state index contributed by atoms with van der Waals surface area (Å²) in [5.74, 6) is -3.11. The van der Waals surface area contributed by atoms with Crippen LogP contribution >= 0.6 is 11.8 Å². The lowest BCUT2D eigenvalue weighted by atomic mass is 10.0. The second kappa shape index (κ2) is 22.0. The van der Waals surface area contributed by atoms with E-state index in [0.717, 1.165) is 30.2 Å². The molecule has 4 N–H and O–H groups in total. The molecule has 2 aromatic rings. The lowest BCUT2D eigenvalue weighted by molar-refractivity contribution is -0.134. The zero-order valence-electron chi connectivity index (χ0n) is 27.1. The van der Waals surface area contributed by atoms with Gasteiger partial charge in [0.05, 0.1) is 19.4 Å². The van der Waals surface area contributed by atoms with Gasteiger partial charge in [0.25, 0.3) is 0 Å². The van der Waals surface area contributed by atoms with Crippen molar-refractivity contribution in [3.8, 4) is 5.75 Å². The molecule has 2 heterocycles. The van der Waals surface area contributed by atoms with Crippen LogP contribution < -0.4 is 4.74 Å². The third-order valence-corrected chi connectivity index (χ3v) is 8.24. The minimum absolute atomic E-state index is 0.558. The smallest absolute Gasteiger partial charge is 0.328 e. The maximum Gasteiger partial charge on any atom is 0.328 e. The van der Waals surface area contributed by atoms with Gasteiger partial charge in [0.15, 0.2) is 5.17 Å². The van der Waals surface area contributed by atoms with E-state index in [4.69, 9.17) is 34.9 Å². The Bertz CT molecular complexity index is 1350. The monoisotopic (exact) mass is 685 g/mol. The van der Waals surface area contributed by atoms with Crippen LogP contribution in [0.3, 0.4) is 0 Å². The summed E-state index contributed by atoms with van der Waals surface area (Å²) in [6.45, 7) is 5.02. The van der Waals surface area contributed by atoms with Crippen LogP contribution in [0.5, 0.6) is 5.75 Å². The zero-order valence-corrected chi connectivity index (χ0v) is 27.9. The molecule has 0 amide bonds. The minimum Gasteiger partial charge on any atom is -0.497 e. The Hall–Kier alpha value is -4.66. The Kier molecular flexibility index (Phi) is 18.1. The van der Waals surface area contributed by atoms with Gasteiger partial charge in [-0.2, -0.15) is 0 Å². The lowest BCUT2D eigenvalue weighted by Crippen LogP contribution is -2.45. The predicted molar refractivity (Wildman–Crippen MR) is 183 cm³/mol. The third kappa shape index (κ3) is 16.3. The average Bonchev–Trinajstić information content (AvgIpc) is 3.08. The highest BCUT2D eigenvalue weighted by Crippen LogP contribution is 2.33. The first kappa shape index (κ1) is 39.5. The number of piperidine rings is 1. The number of hydrogen-bond donors (Lipinski definition) is 4. The molecule has 48 heavy (non-hydrogen) atoms. The molecule has 14 heteroatoms. The van der Waals surface area contributed by atoms with Gasteiger partial charge in [0.1, 0.15) is 5.75 Å². The number of para-hydroxylation sites is 1. The molecular weight excluding hydrogens is 642 g/mol. The third-order valence-electron chi connectivity index (χ3n) is 7.15. The van der Waals surface area contributed by atoms with E-state index < -0.39 is 23.9 Å². The van der Waals surface area contributed by atoms with E-state index in [0.29, 0.717) is 37.0 Å². The van der Waals surface area contributed by atoms with Crippen molar-refractivity contribution in [3.63, 3.8) is 0 Å². The molecule has 13 nitrogen and oxygen atoms in total. The van der Waals surface area contributed by atoms with Gasteiger partial charge in [-0.25, -0.2) is 24.2 Å². The van der Waals surface area contributed by atoms with Crippen molar-refractivity contribution in [1.82, 2.24) is 9.80 Å². The van der Waals surface area contributed by atoms with Crippen LogP contribution in [-0.4, -0.2) is 106 Å². The number of carboxylic acid groups (broad SMARTS) is 4. The maximum atomic E-state index is 9.55. The lowest BCUT2D eigenvalue weighted by Gasteiger charge is -2.38. The molecule has 4 rings (SSSR count). The number of likely N-dealkylation sites (tertiary alicyclic amines) is 1. The largest absolute Gasteiger partial charge is 0.497 e. The van der Waals surface area contributed by atoms with Crippen LogP contribution in [0.25, 0.3) is 0 Å². The number of ether oxygens (including phenoxy) is 2. The average molecular weight is 686 g/mol. The van der Waals surface area contributed by atoms with E-state index >= 15 is 0 Å². The maximum absolute atomic E-state index is 9.55. The summed E-state index contributed by atoms with van der Waals surface area (Å²) in [5, 5.41) is 32.4. The Morgan fingerprint density at radius 1 is 0.875 bits per heavy atom. The second-order valence-electron chi connectivity index (χ2n) is 10.6. The van der Waals surface area contributed by atoms with Gasteiger partial charge in [0, 0.05) is 62.8 Å². The number of benzene rings is 2. The number of methoxy groups -OCH3 is 1. The van der Waals surface area contributed by atoms with E-state index in [1.54, 1.807) is 7.11 Å². The van der Waals surface area contributed by atoms with E-state index in [2.05, 4.69) is 53.2 Å². The fourth-order valence-corrected chi connectivity index (χ4v) is 5.67. The molecule has 2 aliphatic rings. The second-order valence-corrected chi connectivity index (χ2v) is 11.6. The molecule has 0 radical (unpaired) electrons. The number of fused-ring (bicyclic) bond motifs is 1. The first-order valence-corrected chi connectivity index (χ1v) is 16.2. The highest BCUT2D eigenvalue weighted by molar-refractivity contribution is 8.13. The normalized spacial score (nSPS) is 14.5. The number of carboxylic acids is 4. The molecule has 2 aromatic carbocycles. The molecule has 260 valence electrons. The predicted octanol–water partition coefficient (Wildman–Crippen LogP) is 4.75. The Morgan fingerprint density at radius 3 is 1.98 bits per heavy atom. The first-order chi connectivity index (χ1) is 23.0. The van der Waals surface area contributed by atoms with Crippen molar-refractivity contribution in [3.05, 3.63) is 84.0 Å². The SMILES string of the molecule is COc1ccc(COCCCCN2CCC(N(C)C3=Nc4ccccc4CS3)CC2)cc1.O=C(O)/C=C/C(=O)O.O=C(O)/C=C/C(=O)O. The van der Waals surface area contributed by atoms with Gasteiger partial charge in [-0.3, -0.25) is 0 Å². The fourth-order valence-electron chi connectivity index (χ4n) is 4.62. The van der Waals surface area contributed by atoms with Crippen LogP contribution in [-0.2, 0) is 36.3 Å². The van der Waals surface area contributed by atoms with Crippen LogP contribution in [0, 0.1) is 0 Å². The van der Waals surface area contributed by atoms with Crippen molar-refractivity contribution >= 4 is 46.5 Å². The quantitative estimate of drug-likeness (QED) is 0.167. The number of hydrogen-bond acceptors (Lipinski definition) is 10. The Labute approximate surface area is 284 Å². The van der Waals surface area contributed by atoms with Crippen LogP contribution in [0.15, 0.2) is 77.8 Å². The summed E-state index contributed by atoms with van der Waals surface area (Å²) in [5.41, 5.74) is 3.68. The molecule has 0 aromatic heterocycles. The summed E-state index contributed by atoms with van der Waals surface area (Å²) in [7, 11) is 3.91. The standard InChI is InChI=1S/C26H35N3O2S.2C4H4O4/c1-28(26-27-25-8-4-3-7-22(25)20-32-26)23-13-16-29(17-14-23)15-5-6-18-31-19-21-9-11-24(30-2)12-10-21;2*5-3(6)1-2-4(7)8/h3-4,7-12,23H,5-6,13-20H2,1-2H3;2*1-2H,(H,5,6)(H,7,8)/b;2*2-1+. The zero-order chi connectivity index (χ0) is 35.3. The molecule has 2 aliphatic heterocycles. The molecule has 0 atom stereocenters. The Balaban J connectivity index is 0.000000414. The number of rotatable bonds is 13. The number of carbonyl (C=O) groups is 4. The van der Waals surface area contributed by atoms with Gasteiger partial charge in [-0.1, -0.05) is 42.1 Å². The van der Waals surface area contributed by atoms with Gasteiger partial charge < -0.3 is 39.7 Å². The molecule has 0 unspecified atom stereocenters. The fraction of sp³-hybridized carbons (Fsp3) is 0.382. The summed E-state index contributed by atoms with van der Waals surface area (Å²) < 4.78 is 11.0. The highest BCUT2D eigenvalue weighted by atomic mass is 32.2. The first-order valence-electron chi connectivity index (χ1n) is 15.2. The van der Waals surface area contributed by atoms with Crippen LogP contribution in [0.1, 0.15) is 36.8 Å². The summed E-state index contributed by atoms with van der Waals surface area (Å²) in [6, 6.07) is 17.2. The molecule has 1 saturated heterocycles. The van der Waals surface area contributed by atoms with Gasteiger partial charge in [-0.15, -0.1) is 0 Å². The van der Waals surface area contributed by atoms with E-state index in [9.17, 15) is 19.2 Å². The molecular formula is C34H43N3O10S. The summed E-state index contributed by atoms with van der Waals surface area (Å²) in [4.78, 5) is 48.2. The van der Waals surface area contributed by atoms with Crippen molar-refractivity contribution < 1.29 is 49.1 Å². The number of unbranched alkanes of at least 4 members (excludes halogenated alkanes) is 1. The Morgan fingerprint density at radius 2 is 1.44 bits per heavy atom. The molecule has 0 aliphatic carbocycles. The van der Waals surface area contributed by atoms with E-state index in [1.807, 2.05) is 23.9 Å². The highest BCUT2D eigenvalue weighted by Gasteiger charge is 2.26. The van der Waals surface area contributed by atoms with Crippen LogP contribution in [0.4, 0.5) is 5.69 Å². The summed E-state index contributed by atoms with van der Waals surface area (Å²) >= 11 is 1.87. The topological polar surface area (TPSA) is 186 Å².